The first-order valence-corrected chi connectivity index (χ1v) is 12.7. The van der Waals surface area contributed by atoms with E-state index in [1.165, 1.54) is 24.8 Å². The van der Waals surface area contributed by atoms with Gasteiger partial charge in [0.25, 0.3) is 0 Å². The van der Waals surface area contributed by atoms with E-state index < -0.39 is 0 Å². The topological polar surface area (TPSA) is 54.3 Å². The summed E-state index contributed by atoms with van der Waals surface area (Å²) in [6.07, 6.45) is 7.57. The molecule has 6 nitrogen and oxygen atoms in total. The molecule has 180 valence electrons. The van der Waals surface area contributed by atoms with Crippen molar-refractivity contribution in [2.45, 2.75) is 71.9 Å². The van der Waals surface area contributed by atoms with E-state index in [1.54, 1.807) is 6.33 Å². The fourth-order valence-corrected chi connectivity index (χ4v) is 5.46. The number of carbonyl (C=O) groups is 1. The Balaban J connectivity index is 1.59. The Morgan fingerprint density at radius 3 is 2.50 bits per heavy atom. The molecule has 1 saturated heterocycles. The molecule has 2 aromatic heterocycles. The van der Waals surface area contributed by atoms with Crippen molar-refractivity contribution >= 4 is 34.4 Å². The number of benzene rings is 1. The minimum atomic E-state index is -0.385. The summed E-state index contributed by atoms with van der Waals surface area (Å²) in [6, 6.07) is 8.18. The minimum Gasteiger partial charge on any atom is -0.349 e. The fourth-order valence-electron chi connectivity index (χ4n) is 5.28. The molecule has 1 aromatic carbocycles. The van der Waals surface area contributed by atoms with Crippen LogP contribution in [0.3, 0.4) is 0 Å². The van der Waals surface area contributed by atoms with Crippen LogP contribution in [0, 0.1) is 5.41 Å². The van der Waals surface area contributed by atoms with Crippen LogP contribution in [-0.2, 0) is 4.79 Å². The molecule has 2 fully saturated rings. The number of amides is 1. The maximum atomic E-state index is 13.1. The van der Waals surface area contributed by atoms with Crippen molar-refractivity contribution in [1.29, 1.82) is 0 Å². The van der Waals surface area contributed by atoms with E-state index in [4.69, 9.17) is 21.6 Å². The van der Waals surface area contributed by atoms with E-state index in [-0.39, 0.29) is 23.4 Å². The van der Waals surface area contributed by atoms with Gasteiger partial charge in [0.15, 0.2) is 0 Å². The lowest BCUT2D eigenvalue weighted by molar-refractivity contribution is -0.142. The zero-order chi connectivity index (χ0) is 24.2. The number of fused-ring (bicyclic) bond motifs is 1. The summed E-state index contributed by atoms with van der Waals surface area (Å²) in [7, 11) is 0. The molecule has 1 aliphatic carbocycles. The van der Waals surface area contributed by atoms with E-state index >= 15 is 0 Å². The number of carbonyl (C=O) groups excluding carboxylic acids is 1. The van der Waals surface area contributed by atoms with E-state index in [0.29, 0.717) is 17.5 Å². The second-order valence-electron chi connectivity index (χ2n) is 11.0. The molecule has 0 radical (unpaired) electrons. The summed E-state index contributed by atoms with van der Waals surface area (Å²) >= 11 is 6.33. The molecule has 0 unspecified atom stereocenters. The highest BCUT2D eigenvalue weighted by molar-refractivity contribution is 6.30. The van der Waals surface area contributed by atoms with E-state index in [9.17, 15) is 4.79 Å². The highest BCUT2D eigenvalue weighted by Gasteiger charge is 2.38. The summed E-state index contributed by atoms with van der Waals surface area (Å²) in [5.41, 5.74) is 2.87. The molecular weight excluding hydrogens is 446 g/mol. The minimum absolute atomic E-state index is 0.107. The molecule has 5 rings (SSSR count). The average molecular weight is 480 g/mol. The number of rotatable bonds is 3. The SMILES string of the molecule is C[C@@H]1CN(c2ncnc3c2c(C2CCC2)cn3-c2cccc(Cl)c2)[C@@H](C)CN1C(=O)C(C)(C)C. The Labute approximate surface area is 206 Å². The van der Waals surface area contributed by atoms with Gasteiger partial charge in [0.2, 0.25) is 5.91 Å². The monoisotopic (exact) mass is 479 g/mol. The number of nitrogens with zero attached hydrogens (tertiary/aromatic N) is 5. The normalized spacial score (nSPS) is 21.7. The second kappa shape index (κ2) is 8.56. The van der Waals surface area contributed by atoms with Gasteiger partial charge in [0.1, 0.15) is 17.8 Å². The number of hydrogen-bond acceptors (Lipinski definition) is 4. The fraction of sp³-hybridized carbons (Fsp3) is 0.519. The van der Waals surface area contributed by atoms with Crippen molar-refractivity contribution in [2.75, 3.05) is 18.0 Å². The maximum absolute atomic E-state index is 13.1. The first-order chi connectivity index (χ1) is 16.1. The standard InChI is InChI=1S/C27H34ClN5O/c1-17-14-32(26(34)27(3,4)5)18(2)13-31(17)24-23-22(19-8-6-9-19)15-33(25(23)30-16-29-24)21-11-7-10-20(28)12-21/h7,10-12,15-19H,6,8-9,13-14H2,1-5H3/t17-,18+/m0/s1. The summed E-state index contributed by atoms with van der Waals surface area (Å²) in [5.74, 6) is 1.72. The summed E-state index contributed by atoms with van der Waals surface area (Å²) in [5, 5.41) is 1.85. The molecule has 1 amide bonds. The van der Waals surface area contributed by atoms with Crippen LogP contribution in [-0.4, -0.2) is 50.5 Å². The Morgan fingerprint density at radius 1 is 1.09 bits per heavy atom. The molecule has 1 saturated carbocycles. The Bertz CT molecular complexity index is 1230. The smallest absolute Gasteiger partial charge is 0.228 e. The van der Waals surface area contributed by atoms with E-state index in [2.05, 4.69) is 35.6 Å². The van der Waals surface area contributed by atoms with Crippen LogP contribution >= 0.6 is 11.6 Å². The molecule has 1 aliphatic heterocycles. The van der Waals surface area contributed by atoms with Crippen molar-refractivity contribution in [3.63, 3.8) is 0 Å². The zero-order valence-electron chi connectivity index (χ0n) is 20.8. The van der Waals surface area contributed by atoms with E-state index in [1.807, 2.05) is 43.9 Å². The van der Waals surface area contributed by atoms with Gasteiger partial charge >= 0.3 is 0 Å². The molecule has 0 bridgehead atoms. The van der Waals surface area contributed by atoms with Crippen molar-refractivity contribution < 1.29 is 4.79 Å². The predicted molar refractivity (Wildman–Crippen MR) is 138 cm³/mol. The number of anilines is 1. The molecule has 3 aromatic rings. The van der Waals surface area contributed by atoms with Gasteiger partial charge in [-0.3, -0.25) is 4.79 Å². The largest absolute Gasteiger partial charge is 0.349 e. The van der Waals surface area contributed by atoms with Gasteiger partial charge in [-0.25, -0.2) is 9.97 Å². The third kappa shape index (κ3) is 3.96. The molecule has 0 spiro atoms. The number of halogens is 1. The average Bonchev–Trinajstić information content (AvgIpc) is 3.12. The maximum Gasteiger partial charge on any atom is 0.228 e. The van der Waals surface area contributed by atoms with Crippen LogP contribution in [0.2, 0.25) is 5.02 Å². The van der Waals surface area contributed by atoms with Gasteiger partial charge in [-0.1, -0.05) is 44.9 Å². The lowest BCUT2D eigenvalue weighted by atomic mass is 9.80. The predicted octanol–water partition coefficient (Wildman–Crippen LogP) is 5.81. The Kier molecular flexibility index (Phi) is 5.83. The summed E-state index contributed by atoms with van der Waals surface area (Å²) in [4.78, 5) is 27.1. The van der Waals surface area contributed by atoms with Crippen LogP contribution < -0.4 is 4.90 Å². The van der Waals surface area contributed by atoms with E-state index in [0.717, 1.165) is 29.1 Å². The summed E-state index contributed by atoms with van der Waals surface area (Å²) in [6.45, 7) is 11.8. The highest BCUT2D eigenvalue weighted by Crippen LogP contribution is 2.44. The number of aromatic nitrogens is 3. The lowest BCUT2D eigenvalue weighted by Crippen LogP contribution is -2.60. The second-order valence-corrected chi connectivity index (χ2v) is 11.5. The number of piperazine rings is 1. The summed E-state index contributed by atoms with van der Waals surface area (Å²) < 4.78 is 2.16. The van der Waals surface area contributed by atoms with Gasteiger partial charge in [0.05, 0.1) is 5.39 Å². The third-order valence-corrected chi connectivity index (χ3v) is 7.62. The van der Waals surface area contributed by atoms with Crippen molar-refractivity contribution in [3.05, 3.63) is 47.4 Å². The van der Waals surface area contributed by atoms with Gasteiger partial charge in [-0.15, -0.1) is 0 Å². The molecule has 3 heterocycles. The molecule has 34 heavy (non-hydrogen) atoms. The molecule has 7 heteroatoms. The van der Waals surface area contributed by atoms with Crippen LogP contribution in [0.4, 0.5) is 5.82 Å². The lowest BCUT2D eigenvalue weighted by Gasteiger charge is -2.46. The third-order valence-electron chi connectivity index (χ3n) is 7.38. The molecular formula is C27H34ClN5O. The Hall–Kier alpha value is -2.60. The van der Waals surface area contributed by atoms with Gasteiger partial charge in [-0.2, -0.15) is 0 Å². The van der Waals surface area contributed by atoms with Crippen LogP contribution in [0.15, 0.2) is 36.8 Å². The quantitative estimate of drug-likeness (QED) is 0.475. The van der Waals surface area contributed by atoms with Gasteiger partial charge in [-0.05, 0) is 56.4 Å². The molecule has 2 aliphatic rings. The number of hydrogen-bond donors (Lipinski definition) is 0. The van der Waals surface area contributed by atoms with Crippen LogP contribution in [0.5, 0.6) is 0 Å². The molecule has 2 atom stereocenters. The molecule has 0 N–H and O–H groups in total. The van der Waals surface area contributed by atoms with Crippen LogP contribution in [0.25, 0.3) is 16.7 Å². The van der Waals surface area contributed by atoms with Gasteiger partial charge < -0.3 is 14.4 Å². The highest BCUT2D eigenvalue weighted by atomic mass is 35.5. The van der Waals surface area contributed by atoms with Crippen molar-refractivity contribution in [3.8, 4) is 5.69 Å². The van der Waals surface area contributed by atoms with Gasteiger partial charge in [0, 0.05) is 47.5 Å². The van der Waals surface area contributed by atoms with Crippen molar-refractivity contribution in [1.82, 2.24) is 19.4 Å². The Morgan fingerprint density at radius 2 is 1.85 bits per heavy atom. The van der Waals surface area contributed by atoms with Crippen molar-refractivity contribution in [2.24, 2.45) is 5.41 Å². The first kappa shape index (κ1) is 23.2. The van der Waals surface area contributed by atoms with Crippen LogP contribution in [0.1, 0.15) is 65.4 Å². The first-order valence-electron chi connectivity index (χ1n) is 12.3. The zero-order valence-corrected chi connectivity index (χ0v) is 21.5.